The van der Waals surface area contributed by atoms with Crippen LogP contribution in [0.5, 0.6) is 5.75 Å². The highest BCUT2D eigenvalue weighted by atomic mass is 16.5. The lowest BCUT2D eigenvalue weighted by Crippen LogP contribution is -2.50. The van der Waals surface area contributed by atoms with E-state index in [2.05, 4.69) is 22.1 Å². The summed E-state index contributed by atoms with van der Waals surface area (Å²) in [5, 5.41) is 5.57. The van der Waals surface area contributed by atoms with Crippen LogP contribution in [0.25, 0.3) is 16.7 Å². The molecule has 0 bridgehead atoms. The molecule has 6 rings (SSSR count). The van der Waals surface area contributed by atoms with Gasteiger partial charge in [0.05, 0.1) is 17.3 Å². The van der Waals surface area contributed by atoms with Gasteiger partial charge in [0.25, 0.3) is 5.91 Å². The predicted molar refractivity (Wildman–Crippen MR) is 147 cm³/mol. The Hall–Kier alpha value is -4.72. The minimum absolute atomic E-state index is 0.0111. The van der Waals surface area contributed by atoms with Crippen LogP contribution < -0.4 is 9.64 Å². The van der Waals surface area contributed by atoms with E-state index in [0.29, 0.717) is 38.3 Å². The summed E-state index contributed by atoms with van der Waals surface area (Å²) in [6.07, 6.45) is 2.47. The zero-order chi connectivity index (χ0) is 25.7. The summed E-state index contributed by atoms with van der Waals surface area (Å²) in [4.78, 5) is 26.8. The first-order valence-corrected chi connectivity index (χ1v) is 12.8. The lowest BCUT2D eigenvalue weighted by atomic mass is 10.1. The number of benzene rings is 3. The molecule has 0 saturated carbocycles. The van der Waals surface area contributed by atoms with Crippen LogP contribution in [0.15, 0.2) is 97.2 Å². The van der Waals surface area contributed by atoms with Gasteiger partial charge in [-0.25, -0.2) is 14.6 Å². The lowest BCUT2D eigenvalue weighted by Gasteiger charge is -2.35. The molecule has 0 radical (unpaired) electrons. The Bertz CT molecular complexity index is 1510. The van der Waals surface area contributed by atoms with Crippen molar-refractivity contribution in [3.05, 3.63) is 109 Å². The fraction of sp³-hybridized carbons (Fsp3) is 0.200. The largest absolute Gasteiger partial charge is 0.484 e. The second kappa shape index (κ2) is 10.7. The second-order valence-electron chi connectivity index (χ2n) is 9.22. The van der Waals surface area contributed by atoms with Crippen molar-refractivity contribution in [3.63, 3.8) is 0 Å². The summed E-state index contributed by atoms with van der Waals surface area (Å²) >= 11 is 0. The van der Waals surface area contributed by atoms with Gasteiger partial charge < -0.3 is 14.5 Å². The van der Waals surface area contributed by atoms with Crippen molar-refractivity contribution in [1.29, 1.82) is 0 Å². The number of nitrogens with zero attached hydrogens (tertiary/aromatic N) is 6. The minimum Gasteiger partial charge on any atom is -0.484 e. The number of aromatic nitrogens is 4. The third-order valence-corrected chi connectivity index (χ3v) is 6.70. The predicted octanol–water partition coefficient (Wildman–Crippen LogP) is 4.13. The molecule has 1 aliphatic heterocycles. The van der Waals surface area contributed by atoms with E-state index in [9.17, 15) is 4.79 Å². The van der Waals surface area contributed by atoms with Gasteiger partial charge >= 0.3 is 0 Å². The van der Waals surface area contributed by atoms with Crippen LogP contribution in [-0.4, -0.2) is 63.3 Å². The van der Waals surface area contributed by atoms with Crippen molar-refractivity contribution in [2.75, 3.05) is 37.7 Å². The molecule has 2 aromatic heterocycles. The van der Waals surface area contributed by atoms with E-state index in [0.717, 1.165) is 33.9 Å². The molecule has 0 unspecified atom stereocenters. The molecule has 1 saturated heterocycles. The van der Waals surface area contributed by atoms with E-state index in [1.165, 1.54) is 0 Å². The summed E-state index contributed by atoms with van der Waals surface area (Å²) in [5.74, 6) is 2.29. The molecular weight excluding hydrogens is 476 g/mol. The van der Waals surface area contributed by atoms with Crippen molar-refractivity contribution in [2.45, 2.75) is 6.42 Å². The van der Waals surface area contributed by atoms with E-state index < -0.39 is 0 Å². The van der Waals surface area contributed by atoms with Crippen LogP contribution in [0.4, 0.5) is 5.82 Å². The maximum atomic E-state index is 12.8. The summed E-state index contributed by atoms with van der Waals surface area (Å²) in [6, 6.07) is 29.7. The number of amides is 1. The quantitative estimate of drug-likeness (QED) is 0.332. The normalized spacial score (nSPS) is 13.6. The monoisotopic (exact) mass is 504 g/mol. The molecule has 8 heteroatoms. The molecule has 1 aliphatic rings. The van der Waals surface area contributed by atoms with Crippen molar-refractivity contribution < 1.29 is 9.53 Å². The van der Waals surface area contributed by atoms with Gasteiger partial charge in [-0.3, -0.25) is 4.79 Å². The zero-order valence-corrected chi connectivity index (χ0v) is 21.0. The van der Waals surface area contributed by atoms with Gasteiger partial charge in [0, 0.05) is 32.6 Å². The maximum Gasteiger partial charge on any atom is 0.260 e. The van der Waals surface area contributed by atoms with Gasteiger partial charge in [0.1, 0.15) is 17.4 Å². The smallest absolute Gasteiger partial charge is 0.260 e. The van der Waals surface area contributed by atoms with Crippen molar-refractivity contribution in [3.8, 4) is 11.4 Å². The number of carbonyl (C=O) groups excluding carboxylic acids is 1. The molecule has 3 aromatic carbocycles. The van der Waals surface area contributed by atoms with Crippen LogP contribution in [0.3, 0.4) is 0 Å². The third kappa shape index (κ3) is 5.06. The van der Waals surface area contributed by atoms with Gasteiger partial charge in [0.2, 0.25) is 0 Å². The zero-order valence-electron chi connectivity index (χ0n) is 21.0. The number of ether oxygens (including phenoxy) is 1. The number of rotatable bonds is 7. The Morgan fingerprint density at radius 1 is 0.789 bits per heavy atom. The highest BCUT2D eigenvalue weighted by molar-refractivity contribution is 5.88. The summed E-state index contributed by atoms with van der Waals surface area (Å²) in [5.41, 5.74) is 2.88. The fourth-order valence-electron chi connectivity index (χ4n) is 4.71. The average Bonchev–Trinajstić information content (AvgIpc) is 3.41. The molecule has 5 aromatic rings. The Morgan fingerprint density at radius 3 is 2.16 bits per heavy atom. The van der Waals surface area contributed by atoms with E-state index in [1.54, 1.807) is 0 Å². The minimum atomic E-state index is -0.0111. The van der Waals surface area contributed by atoms with Crippen molar-refractivity contribution >= 4 is 22.8 Å². The maximum absolute atomic E-state index is 12.8. The van der Waals surface area contributed by atoms with Gasteiger partial charge in [0.15, 0.2) is 12.3 Å². The van der Waals surface area contributed by atoms with Gasteiger partial charge in [-0.15, -0.1) is 0 Å². The number of carbonyl (C=O) groups is 1. The molecule has 190 valence electrons. The Morgan fingerprint density at radius 2 is 1.45 bits per heavy atom. The number of hydrogen-bond donors (Lipinski definition) is 0. The molecule has 0 N–H and O–H groups in total. The summed E-state index contributed by atoms with van der Waals surface area (Å²) < 4.78 is 7.54. The lowest BCUT2D eigenvalue weighted by molar-refractivity contribution is -0.133. The first-order chi connectivity index (χ1) is 18.7. The molecule has 0 aliphatic carbocycles. The van der Waals surface area contributed by atoms with Crippen molar-refractivity contribution in [1.82, 2.24) is 24.6 Å². The van der Waals surface area contributed by atoms with Crippen LogP contribution in [0.2, 0.25) is 0 Å². The third-order valence-electron chi connectivity index (χ3n) is 6.70. The van der Waals surface area contributed by atoms with Gasteiger partial charge in [-0.2, -0.15) is 5.10 Å². The van der Waals surface area contributed by atoms with E-state index in [-0.39, 0.29) is 12.5 Å². The molecule has 3 heterocycles. The van der Waals surface area contributed by atoms with Gasteiger partial charge in [-0.1, -0.05) is 66.7 Å². The molecule has 0 spiro atoms. The molecular formula is C30H28N6O2. The van der Waals surface area contributed by atoms with Gasteiger partial charge in [-0.05, 0) is 29.8 Å². The molecule has 38 heavy (non-hydrogen) atoms. The van der Waals surface area contributed by atoms with Crippen LogP contribution >= 0.6 is 0 Å². The number of anilines is 1. The molecule has 1 amide bonds. The fourth-order valence-corrected chi connectivity index (χ4v) is 4.71. The first kappa shape index (κ1) is 23.7. The molecule has 8 nitrogen and oxygen atoms in total. The second-order valence-corrected chi connectivity index (χ2v) is 9.22. The van der Waals surface area contributed by atoms with Crippen molar-refractivity contribution in [2.24, 2.45) is 0 Å². The van der Waals surface area contributed by atoms with Crippen LogP contribution in [0.1, 0.15) is 11.4 Å². The van der Waals surface area contributed by atoms with E-state index in [4.69, 9.17) is 14.7 Å². The SMILES string of the molecule is O=C(COc1ccccc1)N1CCN(c2nc(Cc3ccccc3)nc3c2cnn3-c2ccccc2)CC1. The van der Waals surface area contributed by atoms with E-state index in [1.807, 2.05) is 94.6 Å². The Balaban J connectivity index is 1.24. The summed E-state index contributed by atoms with van der Waals surface area (Å²) in [6.45, 7) is 2.58. The Labute approximate surface area is 221 Å². The van der Waals surface area contributed by atoms with Crippen LogP contribution in [0, 0.1) is 0 Å². The molecule has 0 atom stereocenters. The number of fused-ring (bicyclic) bond motifs is 1. The number of piperazine rings is 1. The highest BCUT2D eigenvalue weighted by Crippen LogP contribution is 2.27. The topological polar surface area (TPSA) is 76.4 Å². The van der Waals surface area contributed by atoms with E-state index >= 15 is 0 Å². The standard InChI is InChI=1S/C30H28N6O2/c37-28(22-38-25-14-8-3-9-15-25)34-16-18-35(19-17-34)29-26-21-31-36(24-12-6-2-7-13-24)30(26)33-27(32-29)20-23-10-4-1-5-11-23/h1-15,21H,16-20,22H2. The highest BCUT2D eigenvalue weighted by Gasteiger charge is 2.25. The Kier molecular flexibility index (Phi) is 6.68. The average molecular weight is 505 g/mol. The summed E-state index contributed by atoms with van der Waals surface area (Å²) in [7, 11) is 0. The number of hydrogen-bond acceptors (Lipinski definition) is 6. The first-order valence-electron chi connectivity index (χ1n) is 12.8. The molecule has 1 fully saturated rings. The number of para-hydroxylation sites is 2. The van der Waals surface area contributed by atoms with Crippen LogP contribution in [-0.2, 0) is 11.2 Å².